The summed E-state index contributed by atoms with van der Waals surface area (Å²) in [5.41, 5.74) is 0.610. The van der Waals surface area contributed by atoms with Gasteiger partial charge < -0.3 is 10.0 Å². The molecule has 0 amide bonds. The molecule has 3 rings (SSSR count). The molecule has 0 unspecified atom stereocenters. The van der Waals surface area contributed by atoms with E-state index in [1.165, 1.54) is 6.34 Å². The molecule has 1 aliphatic heterocycles. The molecule has 0 bridgehead atoms. The molecule has 1 heterocycles. The molecule has 2 aliphatic rings. The van der Waals surface area contributed by atoms with E-state index >= 15 is 0 Å². The summed E-state index contributed by atoms with van der Waals surface area (Å²) >= 11 is 0. The minimum absolute atomic E-state index is 0.0783. The van der Waals surface area contributed by atoms with Crippen molar-refractivity contribution in [1.82, 2.24) is 0 Å². The fraction of sp³-hybridized carbons (Fsp3) is 0.417. The van der Waals surface area contributed by atoms with Crippen molar-refractivity contribution in [3.63, 3.8) is 0 Å². The Morgan fingerprint density at radius 2 is 2.06 bits per heavy atom. The predicted molar refractivity (Wildman–Crippen MR) is 68.2 cm³/mol. The molecule has 1 aliphatic carbocycles. The van der Waals surface area contributed by atoms with Gasteiger partial charge in [0.1, 0.15) is 11.2 Å². The number of aliphatic hydroxyl groups excluding tert-OH is 1. The van der Waals surface area contributed by atoms with Gasteiger partial charge in [0, 0.05) is 0 Å². The molecular weight excluding hydrogens is 252 g/mol. The molecule has 1 saturated carbocycles. The zero-order chi connectivity index (χ0) is 12.8. The maximum Gasteiger partial charge on any atom is 0.285 e. The van der Waals surface area contributed by atoms with Gasteiger partial charge in [0.2, 0.25) is 0 Å². The van der Waals surface area contributed by atoms with Crippen molar-refractivity contribution in [3.05, 3.63) is 24.3 Å². The number of hydrogen-bond acceptors (Lipinski definition) is 4. The second kappa shape index (κ2) is 4.07. The van der Waals surface area contributed by atoms with Crippen molar-refractivity contribution in [2.24, 2.45) is 4.40 Å². The lowest BCUT2D eigenvalue weighted by Gasteiger charge is -2.32. The number of para-hydroxylation sites is 1. The molecule has 6 heteroatoms. The van der Waals surface area contributed by atoms with Crippen LogP contribution in [0.1, 0.15) is 19.3 Å². The van der Waals surface area contributed by atoms with E-state index in [2.05, 4.69) is 4.40 Å². The third-order valence-electron chi connectivity index (χ3n) is 3.53. The van der Waals surface area contributed by atoms with Crippen LogP contribution < -0.4 is 4.90 Å². The predicted octanol–water partition coefficient (Wildman–Crippen LogP) is 1.14. The Labute approximate surface area is 106 Å². The first-order chi connectivity index (χ1) is 8.59. The summed E-state index contributed by atoms with van der Waals surface area (Å²) in [6.45, 7) is 0. The van der Waals surface area contributed by atoms with Gasteiger partial charge in [-0.15, -0.1) is 4.40 Å². The van der Waals surface area contributed by atoms with Crippen molar-refractivity contribution >= 4 is 22.0 Å². The molecule has 1 N–H and O–H groups in total. The molecule has 5 nitrogen and oxygen atoms in total. The Bertz CT molecular complexity index is 597. The second-order valence-electron chi connectivity index (χ2n) is 4.64. The van der Waals surface area contributed by atoms with Crippen molar-refractivity contribution in [2.45, 2.75) is 36.3 Å². The van der Waals surface area contributed by atoms with Gasteiger partial charge in [0.05, 0.1) is 17.8 Å². The van der Waals surface area contributed by atoms with E-state index in [4.69, 9.17) is 0 Å². The lowest BCUT2D eigenvalue weighted by molar-refractivity contribution is 0.166. The van der Waals surface area contributed by atoms with Crippen LogP contribution in [0.2, 0.25) is 0 Å². The number of aliphatic hydroxyl groups is 1. The Morgan fingerprint density at radius 3 is 2.78 bits per heavy atom. The van der Waals surface area contributed by atoms with E-state index < -0.39 is 16.1 Å². The Morgan fingerprint density at radius 1 is 1.28 bits per heavy atom. The topological polar surface area (TPSA) is 70.0 Å². The molecule has 0 spiro atoms. The zero-order valence-corrected chi connectivity index (χ0v) is 10.5. The van der Waals surface area contributed by atoms with Gasteiger partial charge in [0.25, 0.3) is 10.0 Å². The molecule has 0 saturated heterocycles. The minimum Gasteiger partial charge on any atom is -0.391 e. The van der Waals surface area contributed by atoms with E-state index in [0.29, 0.717) is 5.69 Å². The van der Waals surface area contributed by atoms with Crippen LogP contribution in [0, 0.1) is 0 Å². The Hall–Kier alpha value is -1.40. The van der Waals surface area contributed by atoms with Crippen LogP contribution in [0.5, 0.6) is 0 Å². The molecule has 96 valence electrons. The van der Waals surface area contributed by atoms with E-state index in [1.807, 2.05) is 0 Å². The average Bonchev–Trinajstić information content (AvgIpc) is 2.76. The molecule has 0 aromatic heterocycles. The number of benzene rings is 1. The number of nitrogens with zero attached hydrogens (tertiary/aromatic N) is 2. The summed E-state index contributed by atoms with van der Waals surface area (Å²) in [5.74, 6) is 0. The van der Waals surface area contributed by atoms with Crippen LogP contribution in [-0.4, -0.2) is 32.0 Å². The van der Waals surface area contributed by atoms with Gasteiger partial charge in [-0.3, -0.25) is 0 Å². The molecule has 0 radical (unpaired) electrons. The maximum absolute atomic E-state index is 11.8. The summed E-state index contributed by atoms with van der Waals surface area (Å²) in [7, 11) is -3.58. The van der Waals surface area contributed by atoms with Crippen LogP contribution in [-0.2, 0) is 10.0 Å². The summed E-state index contributed by atoms with van der Waals surface area (Å²) < 4.78 is 27.3. The first-order valence-corrected chi connectivity index (χ1v) is 7.39. The highest BCUT2D eigenvalue weighted by Crippen LogP contribution is 2.34. The van der Waals surface area contributed by atoms with E-state index in [0.717, 1.165) is 19.3 Å². The Balaban J connectivity index is 2.09. The van der Waals surface area contributed by atoms with Crippen molar-refractivity contribution in [3.8, 4) is 0 Å². The quantitative estimate of drug-likeness (QED) is 0.827. The molecule has 1 aromatic rings. The second-order valence-corrected chi connectivity index (χ2v) is 6.24. The van der Waals surface area contributed by atoms with Crippen molar-refractivity contribution in [2.75, 3.05) is 4.90 Å². The molecular formula is C12H14N2O3S. The summed E-state index contributed by atoms with van der Waals surface area (Å²) in [6, 6.07) is 6.70. The van der Waals surface area contributed by atoms with E-state index in [-0.39, 0.29) is 10.9 Å². The standard InChI is InChI=1S/C12H14N2O3S/c15-11-6-3-5-9(11)14-8-13-18(16,17)12-7-2-1-4-10(12)14/h1-2,4,7-9,11,15H,3,5-6H2/t9-,11-/m0/s1. The summed E-state index contributed by atoms with van der Waals surface area (Å²) in [4.78, 5) is 2.00. The molecule has 2 atom stereocenters. The van der Waals surface area contributed by atoms with Gasteiger partial charge >= 0.3 is 0 Å². The van der Waals surface area contributed by atoms with Crippen molar-refractivity contribution < 1.29 is 13.5 Å². The number of fused-ring (bicyclic) bond motifs is 1. The van der Waals surface area contributed by atoms with Gasteiger partial charge in [-0.1, -0.05) is 12.1 Å². The monoisotopic (exact) mass is 266 g/mol. The van der Waals surface area contributed by atoms with Crippen LogP contribution >= 0.6 is 0 Å². The SMILES string of the molecule is O=S1(=O)N=CN([C@H]2CCC[C@@H]2O)c2ccccc21. The van der Waals surface area contributed by atoms with Gasteiger partial charge in [-0.2, -0.15) is 8.42 Å². The summed E-state index contributed by atoms with van der Waals surface area (Å²) in [6.07, 6.45) is 3.46. The average molecular weight is 266 g/mol. The molecule has 1 fully saturated rings. The van der Waals surface area contributed by atoms with Crippen LogP contribution in [0.15, 0.2) is 33.6 Å². The van der Waals surface area contributed by atoms with Gasteiger partial charge in [-0.05, 0) is 31.4 Å². The maximum atomic E-state index is 11.8. The molecule has 18 heavy (non-hydrogen) atoms. The van der Waals surface area contributed by atoms with E-state index in [9.17, 15) is 13.5 Å². The lowest BCUT2D eigenvalue weighted by Crippen LogP contribution is -2.41. The van der Waals surface area contributed by atoms with Crippen LogP contribution in [0.25, 0.3) is 0 Å². The van der Waals surface area contributed by atoms with E-state index in [1.54, 1.807) is 29.2 Å². The molecule has 1 aromatic carbocycles. The number of anilines is 1. The fourth-order valence-electron chi connectivity index (χ4n) is 2.63. The highest BCUT2D eigenvalue weighted by molar-refractivity contribution is 7.90. The van der Waals surface area contributed by atoms with Gasteiger partial charge in [0.15, 0.2) is 0 Å². The number of rotatable bonds is 1. The highest BCUT2D eigenvalue weighted by atomic mass is 32.2. The summed E-state index contributed by atoms with van der Waals surface area (Å²) in [5, 5.41) is 9.94. The number of hydrogen-bond donors (Lipinski definition) is 1. The minimum atomic E-state index is -3.58. The smallest absolute Gasteiger partial charge is 0.285 e. The third-order valence-corrected chi connectivity index (χ3v) is 4.81. The third kappa shape index (κ3) is 1.72. The Kier molecular flexibility index (Phi) is 2.64. The lowest BCUT2D eigenvalue weighted by atomic mass is 10.1. The fourth-order valence-corrected chi connectivity index (χ4v) is 3.66. The van der Waals surface area contributed by atoms with Crippen LogP contribution in [0.3, 0.4) is 0 Å². The van der Waals surface area contributed by atoms with Crippen molar-refractivity contribution in [1.29, 1.82) is 0 Å². The largest absolute Gasteiger partial charge is 0.391 e. The first-order valence-electron chi connectivity index (χ1n) is 5.95. The first kappa shape index (κ1) is 11.7. The zero-order valence-electron chi connectivity index (χ0n) is 9.73. The normalized spacial score (nSPS) is 29.3. The number of sulfonamides is 1. The highest BCUT2D eigenvalue weighted by Gasteiger charge is 2.35. The van der Waals surface area contributed by atoms with Gasteiger partial charge in [-0.25, -0.2) is 0 Å². The van der Waals surface area contributed by atoms with Crippen LogP contribution in [0.4, 0.5) is 5.69 Å².